The topological polar surface area (TPSA) is 108 Å². The number of anilines is 1. The van der Waals surface area contributed by atoms with Crippen molar-refractivity contribution in [2.45, 2.75) is 25.6 Å². The Bertz CT molecular complexity index is 1490. The van der Waals surface area contributed by atoms with Crippen molar-refractivity contribution in [3.05, 3.63) is 88.2 Å². The summed E-state index contributed by atoms with van der Waals surface area (Å²) in [5.74, 6) is -1.41. The lowest BCUT2D eigenvalue weighted by molar-refractivity contribution is 0.0699. The Morgan fingerprint density at radius 3 is 2.74 bits per heavy atom. The van der Waals surface area contributed by atoms with Crippen molar-refractivity contribution in [1.29, 1.82) is 0 Å². The van der Waals surface area contributed by atoms with Gasteiger partial charge in [-0.25, -0.2) is 9.18 Å². The molecule has 178 valence electrons. The van der Waals surface area contributed by atoms with Gasteiger partial charge < -0.3 is 20.1 Å². The molecule has 0 saturated carbocycles. The lowest BCUT2D eigenvalue weighted by Gasteiger charge is -2.35. The smallest absolute Gasteiger partial charge is 0.375 e. The minimum atomic E-state index is -2.05. The van der Waals surface area contributed by atoms with E-state index in [0.29, 0.717) is 11.0 Å². The molecule has 3 aromatic carbocycles. The number of ether oxygens (including phenoxy) is 1. The Balaban J connectivity index is 1.63. The second-order valence-electron chi connectivity index (χ2n) is 8.39. The van der Waals surface area contributed by atoms with E-state index in [2.05, 4.69) is 15.3 Å². The Labute approximate surface area is 204 Å². The molecule has 0 spiro atoms. The summed E-state index contributed by atoms with van der Waals surface area (Å²) >= 11 is 5.99. The predicted octanol–water partition coefficient (Wildman–Crippen LogP) is 4.71. The Kier molecular flexibility index (Phi) is 5.46. The van der Waals surface area contributed by atoms with Crippen molar-refractivity contribution in [2.24, 2.45) is 0 Å². The molecule has 3 N–H and O–H groups in total. The second kappa shape index (κ2) is 8.37. The molecule has 0 aliphatic carbocycles. The normalized spacial score (nSPS) is 17.2. The average molecular weight is 495 g/mol. The van der Waals surface area contributed by atoms with Crippen LogP contribution in [0, 0.1) is 5.82 Å². The average Bonchev–Trinajstić information content (AvgIpc) is 3.31. The molecule has 2 heterocycles. The molecule has 0 fully saturated rings. The molecule has 0 radical (unpaired) electrons. The number of rotatable bonds is 4. The molecule has 2 amide bonds. The number of imidazole rings is 1. The molecule has 0 saturated heterocycles. The van der Waals surface area contributed by atoms with Crippen molar-refractivity contribution >= 4 is 40.3 Å². The van der Waals surface area contributed by atoms with E-state index in [1.54, 1.807) is 56.3 Å². The third-order valence-corrected chi connectivity index (χ3v) is 5.98. The molecule has 10 heteroatoms. The van der Waals surface area contributed by atoms with Gasteiger partial charge in [0, 0.05) is 22.7 Å². The van der Waals surface area contributed by atoms with E-state index in [1.807, 2.05) is 0 Å². The van der Waals surface area contributed by atoms with Gasteiger partial charge in [-0.3, -0.25) is 9.69 Å². The fourth-order valence-electron chi connectivity index (χ4n) is 4.20. The summed E-state index contributed by atoms with van der Waals surface area (Å²) in [6, 6.07) is 15.4. The van der Waals surface area contributed by atoms with Crippen molar-refractivity contribution in [2.75, 3.05) is 4.90 Å². The van der Waals surface area contributed by atoms with Crippen LogP contribution in [-0.4, -0.2) is 33.1 Å². The van der Waals surface area contributed by atoms with Crippen LogP contribution in [0.25, 0.3) is 11.0 Å². The number of fused-ring (bicyclic) bond motifs is 2. The highest BCUT2D eigenvalue weighted by molar-refractivity contribution is 6.31. The minimum Gasteiger partial charge on any atom is -0.375 e. The first kappa shape index (κ1) is 22.8. The van der Waals surface area contributed by atoms with Crippen LogP contribution >= 0.6 is 11.6 Å². The van der Waals surface area contributed by atoms with Crippen molar-refractivity contribution in [1.82, 2.24) is 15.3 Å². The molecule has 35 heavy (non-hydrogen) atoms. The molecule has 1 unspecified atom stereocenters. The summed E-state index contributed by atoms with van der Waals surface area (Å²) in [6.45, 7) is 3.59. The molecule has 1 aromatic heterocycles. The van der Waals surface area contributed by atoms with Gasteiger partial charge in [-0.1, -0.05) is 41.9 Å². The van der Waals surface area contributed by atoms with Gasteiger partial charge in [-0.05, 0) is 44.2 Å². The number of nitrogens with zero attached hydrogens (tertiary/aromatic N) is 2. The van der Waals surface area contributed by atoms with Gasteiger partial charge in [-0.2, -0.15) is 4.98 Å². The Morgan fingerprint density at radius 1 is 1.20 bits per heavy atom. The summed E-state index contributed by atoms with van der Waals surface area (Å²) in [6.07, 6.45) is -0.671. The molecule has 1 atom stereocenters. The van der Waals surface area contributed by atoms with Gasteiger partial charge in [0.2, 0.25) is 0 Å². The molecule has 5 rings (SSSR count). The van der Waals surface area contributed by atoms with E-state index in [4.69, 9.17) is 16.3 Å². The zero-order valence-corrected chi connectivity index (χ0v) is 19.4. The number of carbonyl (C=O) groups excluding carboxylic acids is 2. The molecule has 0 bridgehead atoms. The van der Waals surface area contributed by atoms with Crippen molar-refractivity contribution in [3.63, 3.8) is 0 Å². The van der Waals surface area contributed by atoms with Crippen LogP contribution in [0.2, 0.25) is 5.02 Å². The number of amides is 2. The SMILES string of the molecule is CC(C)NC(=O)Oc1nc2ccc(C3(O)c4ccccc4C(=O)N3c3cccc(Cl)c3F)cc2[nH]1. The fraction of sp³-hybridized carbons (Fsp3) is 0.160. The monoisotopic (exact) mass is 494 g/mol. The van der Waals surface area contributed by atoms with E-state index < -0.39 is 23.5 Å². The highest BCUT2D eigenvalue weighted by atomic mass is 35.5. The summed E-state index contributed by atoms with van der Waals surface area (Å²) in [5.41, 5.74) is -0.530. The number of aliphatic hydroxyl groups is 1. The number of halogens is 2. The number of nitrogens with one attached hydrogen (secondary N) is 2. The summed E-state index contributed by atoms with van der Waals surface area (Å²) < 4.78 is 20.3. The zero-order chi connectivity index (χ0) is 24.9. The van der Waals surface area contributed by atoms with Crippen LogP contribution in [0.1, 0.15) is 35.3 Å². The van der Waals surface area contributed by atoms with Gasteiger partial charge >= 0.3 is 12.1 Å². The minimum absolute atomic E-state index is 0.0390. The first-order valence-corrected chi connectivity index (χ1v) is 11.2. The van der Waals surface area contributed by atoms with Crippen LogP contribution in [0.3, 0.4) is 0 Å². The van der Waals surface area contributed by atoms with Crippen molar-refractivity contribution < 1.29 is 23.8 Å². The Morgan fingerprint density at radius 2 is 1.97 bits per heavy atom. The van der Waals surface area contributed by atoms with E-state index >= 15 is 4.39 Å². The van der Waals surface area contributed by atoms with E-state index in [1.165, 1.54) is 18.2 Å². The van der Waals surface area contributed by atoms with Crippen LogP contribution < -0.4 is 15.0 Å². The van der Waals surface area contributed by atoms with Crippen LogP contribution in [0.15, 0.2) is 60.7 Å². The number of hydrogen-bond donors (Lipinski definition) is 3. The van der Waals surface area contributed by atoms with E-state index in [9.17, 15) is 14.7 Å². The molecular formula is C25H20ClFN4O4. The number of H-pyrrole nitrogens is 1. The van der Waals surface area contributed by atoms with Gasteiger partial charge in [0.05, 0.1) is 21.7 Å². The summed E-state index contributed by atoms with van der Waals surface area (Å²) in [4.78, 5) is 33.4. The highest BCUT2D eigenvalue weighted by Crippen LogP contribution is 2.46. The standard InChI is InChI=1S/C25H20ClFN4O4/c1-13(2)28-24(33)35-23-29-18-11-10-14(12-19(18)30-23)25(34)16-7-4-3-6-15(16)22(32)31(25)20-9-5-8-17(26)21(20)27/h3-13,34H,1-2H3,(H,28,33)(H,29,30). The van der Waals surface area contributed by atoms with Crippen LogP contribution in [0.5, 0.6) is 6.01 Å². The number of aromatic amines is 1. The lowest BCUT2D eigenvalue weighted by Crippen LogP contribution is -2.45. The highest BCUT2D eigenvalue weighted by Gasteiger charge is 2.51. The number of benzene rings is 3. The lowest BCUT2D eigenvalue weighted by atomic mass is 9.93. The summed E-state index contributed by atoms with van der Waals surface area (Å²) in [5, 5.41) is 14.5. The maximum absolute atomic E-state index is 15.1. The predicted molar refractivity (Wildman–Crippen MR) is 128 cm³/mol. The third kappa shape index (κ3) is 3.69. The first-order chi connectivity index (χ1) is 16.7. The van der Waals surface area contributed by atoms with Crippen molar-refractivity contribution in [3.8, 4) is 6.01 Å². The Hall–Kier alpha value is -3.95. The van der Waals surface area contributed by atoms with Gasteiger partial charge in [0.1, 0.15) is 0 Å². The number of aromatic nitrogens is 2. The van der Waals surface area contributed by atoms with E-state index in [-0.39, 0.29) is 39.5 Å². The van der Waals surface area contributed by atoms with Gasteiger partial charge in [-0.15, -0.1) is 0 Å². The van der Waals surface area contributed by atoms with Crippen LogP contribution in [0.4, 0.5) is 14.9 Å². The number of carbonyl (C=O) groups is 2. The van der Waals surface area contributed by atoms with Gasteiger partial charge in [0.25, 0.3) is 5.91 Å². The quantitative estimate of drug-likeness (QED) is 0.381. The molecule has 8 nitrogen and oxygen atoms in total. The van der Waals surface area contributed by atoms with Gasteiger partial charge in [0.15, 0.2) is 11.5 Å². The molecular weight excluding hydrogens is 475 g/mol. The zero-order valence-electron chi connectivity index (χ0n) is 18.7. The third-order valence-electron chi connectivity index (χ3n) is 5.69. The first-order valence-electron chi connectivity index (χ1n) is 10.8. The molecule has 1 aliphatic heterocycles. The maximum atomic E-state index is 15.1. The second-order valence-corrected chi connectivity index (χ2v) is 8.80. The molecule has 4 aromatic rings. The largest absolute Gasteiger partial charge is 0.415 e. The van der Waals surface area contributed by atoms with Crippen LogP contribution in [-0.2, 0) is 5.72 Å². The molecule has 1 aliphatic rings. The maximum Gasteiger partial charge on any atom is 0.415 e. The fourth-order valence-corrected chi connectivity index (χ4v) is 4.37. The number of hydrogen-bond acceptors (Lipinski definition) is 5. The van der Waals surface area contributed by atoms with E-state index in [0.717, 1.165) is 4.90 Å². The summed E-state index contributed by atoms with van der Waals surface area (Å²) in [7, 11) is 0.